The van der Waals surface area contributed by atoms with Crippen LogP contribution in [-0.4, -0.2) is 36.5 Å². The van der Waals surface area contributed by atoms with Gasteiger partial charge in [-0.3, -0.25) is 4.79 Å². The topological polar surface area (TPSA) is 84.4 Å². The van der Waals surface area contributed by atoms with Gasteiger partial charge in [-0.1, -0.05) is 6.42 Å². The molecule has 1 aliphatic heterocycles. The van der Waals surface area contributed by atoms with Crippen LogP contribution in [0.3, 0.4) is 0 Å². The number of rotatable bonds is 6. The number of hydrogen-bond donors (Lipinski definition) is 3. The number of amides is 1. The van der Waals surface area contributed by atoms with E-state index < -0.39 is 5.91 Å². The highest BCUT2D eigenvalue weighted by molar-refractivity contribution is 5.99. The van der Waals surface area contributed by atoms with E-state index >= 15 is 0 Å². The van der Waals surface area contributed by atoms with Gasteiger partial charge < -0.3 is 21.7 Å². The summed E-state index contributed by atoms with van der Waals surface area (Å²) in [6.07, 6.45) is 5.01. The van der Waals surface area contributed by atoms with Crippen LogP contribution in [0, 0.1) is 0 Å². The number of nitrogens with one attached hydrogen (secondary N) is 1. The standard InChI is InChI=1S/C16H26N4O/c1-12-5-2-3-9-20(12)10-4-8-19-15-7-6-13(17)11-14(15)16(18)21/h6-7,11-12,19H,2-5,8-10,17H2,1H3,(H2,18,21). The van der Waals surface area contributed by atoms with Crippen LogP contribution in [0.5, 0.6) is 0 Å². The number of nitrogen functional groups attached to an aromatic ring is 1. The summed E-state index contributed by atoms with van der Waals surface area (Å²) >= 11 is 0. The first kappa shape index (κ1) is 15.6. The molecule has 1 fully saturated rings. The number of primary amides is 1. The first-order valence-electron chi connectivity index (χ1n) is 7.75. The Balaban J connectivity index is 1.82. The summed E-state index contributed by atoms with van der Waals surface area (Å²) in [5.74, 6) is -0.450. The molecule has 0 radical (unpaired) electrons. The van der Waals surface area contributed by atoms with Crippen molar-refractivity contribution in [2.75, 3.05) is 30.7 Å². The minimum absolute atomic E-state index is 0.450. The Kier molecular flexibility index (Phi) is 5.44. The highest BCUT2D eigenvalue weighted by Gasteiger charge is 2.17. The van der Waals surface area contributed by atoms with E-state index in [1.165, 1.54) is 25.8 Å². The zero-order valence-electron chi connectivity index (χ0n) is 12.8. The molecule has 0 saturated carbocycles. The highest BCUT2D eigenvalue weighted by Crippen LogP contribution is 2.19. The van der Waals surface area contributed by atoms with E-state index in [0.717, 1.165) is 25.2 Å². The molecule has 1 unspecified atom stereocenters. The molecular weight excluding hydrogens is 264 g/mol. The maximum absolute atomic E-state index is 11.4. The fourth-order valence-corrected chi connectivity index (χ4v) is 2.91. The van der Waals surface area contributed by atoms with Crippen molar-refractivity contribution in [1.29, 1.82) is 0 Å². The lowest BCUT2D eigenvalue weighted by Gasteiger charge is -2.33. The lowest BCUT2D eigenvalue weighted by atomic mass is 10.0. The number of nitrogens with zero attached hydrogens (tertiary/aromatic N) is 1. The van der Waals surface area contributed by atoms with Crippen molar-refractivity contribution in [2.45, 2.75) is 38.6 Å². The second-order valence-electron chi connectivity index (χ2n) is 5.83. The number of carbonyl (C=O) groups excluding carboxylic acids is 1. The molecule has 1 aromatic carbocycles. The maximum atomic E-state index is 11.4. The predicted octanol–water partition coefficient (Wildman–Crippen LogP) is 2.04. The molecule has 1 saturated heterocycles. The molecule has 2 rings (SSSR count). The van der Waals surface area contributed by atoms with Gasteiger partial charge in [-0.2, -0.15) is 0 Å². The molecule has 1 amide bonds. The van der Waals surface area contributed by atoms with E-state index in [0.29, 0.717) is 17.3 Å². The zero-order chi connectivity index (χ0) is 15.2. The van der Waals surface area contributed by atoms with Crippen LogP contribution in [0.2, 0.25) is 0 Å². The van der Waals surface area contributed by atoms with E-state index in [9.17, 15) is 4.79 Å². The Morgan fingerprint density at radius 3 is 2.95 bits per heavy atom. The third-order valence-electron chi connectivity index (χ3n) is 4.19. The van der Waals surface area contributed by atoms with Crippen molar-refractivity contribution in [3.05, 3.63) is 23.8 Å². The normalized spacial score (nSPS) is 19.4. The second-order valence-corrected chi connectivity index (χ2v) is 5.83. The summed E-state index contributed by atoms with van der Waals surface area (Å²) in [7, 11) is 0. The van der Waals surface area contributed by atoms with Gasteiger partial charge in [-0.25, -0.2) is 0 Å². The monoisotopic (exact) mass is 290 g/mol. The summed E-state index contributed by atoms with van der Waals surface area (Å²) in [6, 6.07) is 5.91. The van der Waals surface area contributed by atoms with Crippen LogP contribution in [0.1, 0.15) is 43.0 Å². The number of benzene rings is 1. The van der Waals surface area contributed by atoms with E-state index in [4.69, 9.17) is 11.5 Å². The predicted molar refractivity (Wildman–Crippen MR) is 87.4 cm³/mol. The molecule has 0 aliphatic carbocycles. The SMILES string of the molecule is CC1CCCCN1CCCNc1ccc(N)cc1C(N)=O. The lowest BCUT2D eigenvalue weighted by Crippen LogP contribution is -2.38. The minimum atomic E-state index is -0.450. The smallest absolute Gasteiger partial charge is 0.250 e. The van der Waals surface area contributed by atoms with Gasteiger partial charge >= 0.3 is 0 Å². The van der Waals surface area contributed by atoms with E-state index in [1.54, 1.807) is 12.1 Å². The molecule has 0 aromatic heterocycles. The van der Waals surface area contributed by atoms with Crippen molar-refractivity contribution in [3.8, 4) is 0 Å². The fourth-order valence-electron chi connectivity index (χ4n) is 2.91. The van der Waals surface area contributed by atoms with Crippen LogP contribution < -0.4 is 16.8 Å². The van der Waals surface area contributed by atoms with E-state index in [2.05, 4.69) is 17.1 Å². The molecular formula is C16H26N4O. The van der Waals surface area contributed by atoms with Crippen molar-refractivity contribution in [2.24, 2.45) is 5.73 Å². The lowest BCUT2D eigenvalue weighted by molar-refractivity contribution is 0.100. The molecule has 0 bridgehead atoms. The Morgan fingerprint density at radius 1 is 1.43 bits per heavy atom. The molecule has 21 heavy (non-hydrogen) atoms. The van der Waals surface area contributed by atoms with Gasteiger partial charge in [0.05, 0.1) is 5.56 Å². The molecule has 1 heterocycles. The highest BCUT2D eigenvalue weighted by atomic mass is 16.1. The Hall–Kier alpha value is -1.75. The van der Waals surface area contributed by atoms with Crippen LogP contribution in [-0.2, 0) is 0 Å². The van der Waals surface area contributed by atoms with Gasteiger partial charge in [0, 0.05) is 30.5 Å². The molecule has 5 N–H and O–H groups in total. The molecule has 1 atom stereocenters. The number of carbonyl (C=O) groups is 1. The number of anilines is 2. The number of piperidine rings is 1. The largest absolute Gasteiger partial charge is 0.399 e. The number of likely N-dealkylation sites (tertiary alicyclic amines) is 1. The van der Waals surface area contributed by atoms with Crippen LogP contribution >= 0.6 is 0 Å². The molecule has 1 aliphatic rings. The van der Waals surface area contributed by atoms with Gasteiger partial charge in [0.2, 0.25) is 0 Å². The van der Waals surface area contributed by atoms with Crippen molar-refractivity contribution in [3.63, 3.8) is 0 Å². The Morgan fingerprint density at radius 2 is 2.24 bits per heavy atom. The third-order valence-corrected chi connectivity index (χ3v) is 4.19. The zero-order valence-corrected chi connectivity index (χ0v) is 12.8. The Bertz CT molecular complexity index is 489. The summed E-state index contributed by atoms with van der Waals surface area (Å²) in [5, 5.41) is 3.29. The fraction of sp³-hybridized carbons (Fsp3) is 0.562. The summed E-state index contributed by atoms with van der Waals surface area (Å²) in [4.78, 5) is 14.0. The molecule has 0 spiro atoms. The summed E-state index contributed by atoms with van der Waals surface area (Å²) in [6.45, 7) is 5.43. The van der Waals surface area contributed by atoms with Crippen LogP contribution in [0.15, 0.2) is 18.2 Å². The first-order chi connectivity index (χ1) is 10.1. The number of nitrogens with two attached hydrogens (primary N) is 2. The first-order valence-corrected chi connectivity index (χ1v) is 7.75. The summed E-state index contributed by atoms with van der Waals surface area (Å²) < 4.78 is 0. The molecule has 5 heteroatoms. The van der Waals surface area contributed by atoms with Crippen molar-refractivity contribution in [1.82, 2.24) is 4.90 Å². The number of hydrogen-bond acceptors (Lipinski definition) is 4. The van der Waals surface area contributed by atoms with Gasteiger partial charge in [-0.15, -0.1) is 0 Å². The maximum Gasteiger partial charge on any atom is 0.250 e. The third kappa shape index (κ3) is 4.36. The van der Waals surface area contributed by atoms with Crippen LogP contribution in [0.25, 0.3) is 0 Å². The molecule has 5 nitrogen and oxygen atoms in total. The van der Waals surface area contributed by atoms with Gasteiger partial charge in [0.25, 0.3) is 5.91 Å². The van der Waals surface area contributed by atoms with Gasteiger partial charge in [-0.05, 0) is 50.9 Å². The van der Waals surface area contributed by atoms with E-state index in [-0.39, 0.29) is 0 Å². The average molecular weight is 290 g/mol. The van der Waals surface area contributed by atoms with Gasteiger partial charge in [0.15, 0.2) is 0 Å². The van der Waals surface area contributed by atoms with Gasteiger partial charge in [0.1, 0.15) is 0 Å². The van der Waals surface area contributed by atoms with Crippen molar-refractivity contribution >= 4 is 17.3 Å². The minimum Gasteiger partial charge on any atom is -0.399 e. The quantitative estimate of drug-likeness (QED) is 0.553. The van der Waals surface area contributed by atoms with Crippen molar-refractivity contribution < 1.29 is 4.79 Å². The Labute approximate surface area is 126 Å². The second kappa shape index (κ2) is 7.31. The molecule has 1 aromatic rings. The van der Waals surface area contributed by atoms with E-state index in [1.807, 2.05) is 6.07 Å². The molecule has 116 valence electrons. The van der Waals surface area contributed by atoms with Crippen LogP contribution in [0.4, 0.5) is 11.4 Å². The summed E-state index contributed by atoms with van der Waals surface area (Å²) in [5.41, 5.74) is 12.8. The average Bonchev–Trinajstić information content (AvgIpc) is 2.46.